The highest BCUT2D eigenvalue weighted by molar-refractivity contribution is 5.92. The Morgan fingerprint density at radius 2 is 1.84 bits per heavy atom. The molecular formula is C15H21NO3. The van der Waals surface area contributed by atoms with Gasteiger partial charge in [-0.25, -0.2) is 0 Å². The summed E-state index contributed by atoms with van der Waals surface area (Å²) in [6.45, 7) is 4.76. The molecular weight excluding hydrogens is 242 g/mol. The molecule has 1 N–H and O–H groups in total. The molecule has 0 atom stereocenters. The van der Waals surface area contributed by atoms with E-state index < -0.39 is 0 Å². The summed E-state index contributed by atoms with van der Waals surface area (Å²) in [5, 5.41) is 2.82. The lowest BCUT2D eigenvalue weighted by Gasteiger charge is -2.09. The number of rotatable bonds is 6. The first-order valence-corrected chi connectivity index (χ1v) is 6.25. The number of nitrogens with one attached hydrogen (secondary N) is 1. The number of ether oxygens (including phenoxy) is 2. The summed E-state index contributed by atoms with van der Waals surface area (Å²) in [6, 6.07) is 5.50. The molecule has 4 heteroatoms. The van der Waals surface area contributed by atoms with E-state index in [9.17, 15) is 4.79 Å². The van der Waals surface area contributed by atoms with Gasteiger partial charge in [0.25, 0.3) is 0 Å². The van der Waals surface area contributed by atoms with Crippen LogP contribution in [0.1, 0.15) is 19.4 Å². The van der Waals surface area contributed by atoms with Gasteiger partial charge in [0.1, 0.15) is 11.5 Å². The Hall–Kier alpha value is -1.97. The average molecular weight is 263 g/mol. The number of methoxy groups -OCH3 is 2. The van der Waals surface area contributed by atoms with Gasteiger partial charge in [-0.05, 0) is 24.1 Å². The molecule has 0 spiro atoms. The van der Waals surface area contributed by atoms with Crippen LogP contribution in [0.25, 0.3) is 6.08 Å². The molecule has 0 aliphatic heterocycles. The van der Waals surface area contributed by atoms with E-state index in [1.165, 1.54) is 6.08 Å². The van der Waals surface area contributed by atoms with Crippen molar-refractivity contribution in [2.24, 2.45) is 5.92 Å². The van der Waals surface area contributed by atoms with E-state index in [2.05, 4.69) is 5.32 Å². The summed E-state index contributed by atoms with van der Waals surface area (Å²) in [5.41, 5.74) is 0.757. The summed E-state index contributed by atoms with van der Waals surface area (Å²) in [6.07, 6.45) is 3.19. The molecule has 1 rings (SSSR count). The number of carbonyl (C=O) groups excluding carboxylic acids is 1. The maximum Gasteiger partial charge on any atom is 0.244 e. The van der Waals surface area contributed by atoms with E-state index in [1.807, 2.05) is 32.0 Å². The van der Waals surface area contributed by atoms with E-state index in [-0.39, 0.29) is 5.91 Å². The van der Waals surface area contributed by atoms with Crippen LogP contribution in [0.3, 0.4) is 0 Å². The van der Waals surface area contributed by atoms with Crippen molar-refractivity contribution in [1.29, 1.82) is 0 Å². The van der Waals surface area contributed by atoms with E-state index >= 15 is 0 Å². The molecule has 1 aromatic rings. The van der Waals surface area contributed by atoms with Crippen LogP contribution >= 0.6 is 0 Å². The maximum absolute atomic E-state index is 11.6. The fraction of sp³-hybridized carbons (Fsp3) is 0.400. The van der Waals surface area contributed by atoms with Crippen LogP contribution in [0.15, 0.2) is 24.3 Å². The Kier molecular flexibility index (Phi) is 5.93. The predicted molar refractivity (Wildman–Crippen MR) is 76.4 cm³/mol. The zero-order chi connectivity index (χ0) is 14.3. The second-order valence-corrected chi connectivity index (χ2v) is 4.55. The van der Waals surface area contributed by atoms with Crippen molar-refractivity contribution in [2.75, 3.05) is 20.8 Å². The van der Waals surface area contributed by atoms with E-state index in [4.69, 9.17) is 9.47 Å². The van der Waals surface area contributed by atoms with Gasteiger partial charge < -0.3 is 14.8 Å². The predicted octanol–water partition coefficient (Wildman–Crippen LogP) is 2.49. The van der Waals surface area contributed by atoms with Crippen LogP contribution in [0.5, 0.6) is 11.5 Å². The normalized spacial score (nSPS) is 10.8. The highest BCUT2D eigenvalue weighted by Crippen LogP contribution is 2.29. The average Bonchev–Trinajstić information content (AvgIpc) is 2.42. The summed E-state index contributed by atoms with van der Waals surface area (Å²) in [7, 11) is 3.18. The van der Waals surface area contributed by atoms with Crippen molar-refractivity contribution in [3.05, 3.63) is 29.8 Å². The lowest BCUT2D eigenvalue weighted by Crippen LogP contribution is -2.25. The van der Waals surface area contributed by atoms with Crippen LogP contribution in [-0.4, -0.2) is 26.7 Å². The SMILES string of the molecule is COc1cccc(OC)c1/C=C/C(=O)NCC(C)C. The third kappa shape index (κ3) is 4.66. The van der Waals surface area contributed by atoms with Gasteiger partial charge in [-0.2, -0.15) is 0 Å². The molecule has 104 valence electrons. The summed E-state index contributed by atoms with van der Waals surface area (Å²) in [4.78, 5) is 11.6. The summed E-state index contributed by atoms with van der Waals surface area (Å²) in [5.74, 6) is 1.65. The summed E-state index contributed by atoms with van der Waals surface area (Å²) >= 11 is 0. The quantitative estimate of drug-likeness (QED) is 0.802. The minimum atomic E-state index is -0.123. The van der Waals surface area contributed by atoms with Crippen molar-refractivity contribution < 1.29 is 14.3 Å². The molecule has 0 aromatic heterocycles. The first-order chi connectivity index (χ1) is 9.08. The first kappa shape index (κ1) is 15.1. The molecule has 0 saturated heterocycles. The third-order valence-corrected chi connectivity index (χ3v) is 2.55. The Labute approximate surface area is 114 Å². The lowest BCUT2D eigenvalue weighted by atomic mass is 10.1. The Balaban J connectivity index is 2.83. The largest absolute Gasteiger partial charge is 0.496 e. The van der Waals surface area contributed by atoms with Gasteiger partial charge in [0.05, 0.1) is 19.8 Å². The van der Waals surface area contributed by atoms with Crippen LogP contribution in [0.2, 0.25) is 0 Å². The van der Waals surface area contributed by atoms with Crippen molar-refractivity contribution in [3.8, 4) is 11.5 Å². The minimum Gasteiger partial charge on any atom is -0.496 e. The Bertz CT molecular complexity index is 430. The molecule has 0 fully saturated rings. The molecule has 1 aromatic carbocycles. The summed E-state index contributed by atoms with van der Waals surface area (Å²) < 4.78 is 10.5. The van der Waals surface area contributed by atoms with Crippen LogP contribution in [-0.2, 0) is 4.79 Å². The van der Waals surface area contributed by atoms with Crippen molar-refractivity contribution in [2.45, 2.75) is 13.8 Å². The second kappa shape index (κ2) is 7.46. The number of amides is 1. The molecule has 0 unspecified atom stereocenters. The minimum absolute atomic E-state index is 0.123. The van der Waals surface area contributed by atoms with Crippen LogP contribution in [0.4, 0.5) is 0 Å². The van der Waals surface area contributed by atoms with Gasteiger partial charge in [0, 0.05) is 12.6 Å². The van der Waals surface area contributed by atoms with Crippen LogP contribution < -0.4 is 14.8 Å². The number of hydrogen-bond acceptors (Lipinski definition) is 3. The Morgan fingerprint density at radius 3 is 2.32 bits per heavy atom. The first-order valence-electron chi connectivity index (χ1n) is 6.25. The monoisotopic (exact) mass is 263 g/mol. The van der Waals surface area contributed by atoms with Crippen molar-refractivity contribution in [3.63, 3.8) is 0 Å². The fourth-order valence-electron chi connectivity index (χ4n) is 1.57. The van der Waals surface area contributed by atoms with Gasteiger partial charge in [-0.15, -0.1) is 0 Å². The standard InChI is InChI=1S/C15H21NO3/c1-11(2)10-16-15(17)9-8-12-13(18-3)6-5-7-14(12)19-4/h5-9,11H,10H2,1-4H3,(H,16,17)/b9-8+. The molecule has 1 amide bonds. The zero-order valence-corrected chi connectivity index (χ0v) is 11.9. The smallest absolute Gasteiger partial charge is 0.244 e. The maximum atomic E-state index is 11.6. The second-order valence-electron chi connectivity index (χ2n) is 4.55. The molecule has 4 nitrogen and oxygen atoms in total. The van der Waals surface area contributed by atoms with Gasteiger partial charge in [0.15, 0.2) is 0 Å². The van der Waals surface area contributed by atoms with E-state index in [1.54, 1.807) is 20.3 Å². The molecule has 0 aliphatic carbocycles. The van der Waals surface area contributed by atoms with E-state index in [0.29, 0.717) is 24.0 Å². The van der Waals surface area contributed by atoms with Crippen molar-refractivity contribution in [1.82, 2.24) is 5.32 Å². The van der Waals surface area contributed by atoms with Gasteiger partial charge in [-0.3, -0.25) is 4.79 Å². The molecule has 0 bridgehead atoms. The third-order valence-electron chi connectivity index (χ3n) is 2.55. The van der Waals surface area contributed by atoms with Gasteiger partial charge in [0.2, 0.25) is 5.91 Å². The number of hydrogen-bond donors (Lipinski definition) is 1. The molecule has 0 saturated carbocycles. The van der Waals surface area contributed by atoms with Gasteiger partial charge in [-0.1, -0.05) is 19.9 Å². The number of benzene rings is 1. The Morgan fingerprint density at radius 1 is 1.26 bits per heavy atom. The molecule has 0 radical (unpaired) electrons. The highest BCUT2D eigenvalue weighted by Gasteiger charge is 2.07. The molecule has 0 aliphatic rings. The van der Waals surface area contributed by atoms with Crippen molar-refractivity contribution >= 4 is 12.0 Å². The zero-order valence-electron chi connectivity index (χ0n) is 11.9. The fourth-order valence-corrected chi connectivity index (χ4v) is 1.57. The highest BCUT2D eigenvalue weighted by atomic mass is 16.5. The lowest BCUT2D eigenvalue weighted by molar-refractivity contribution is -0.116. The van der Waals surface area contributed by atoms with Crippen LogP contribution in [0, 0.1) is 5.92 Å². The van der Waals surface area contributed by atoms with E-state index in [0.717, 1.165) is 5.56 Å². The molecule has 19 heavy (non-hydrogen) atoms. The number of carbonyl (C=O) groups is 1. The topological polar surface area (TPSA) is 47.6 Å². The van der Waals surface area contributed by atoms with Gasteiger partial charge >= 0.3 is 0 Å². The molecule has 0 heterocycles.